The number of hydrogen-bond acceptors (Lipinski definition) is 5. The summed E-state index contributed by atoms with van der Waals surface area (Å²) in [6.45, 7) is 5.99. The Morgan fingerprint density at radius 2 is 2.10 bits per heavy atom. The number of amides is 1. The van der Waals surface area contributed by atoms with Gasteiger partial charge in [-0.1, -0.05) is 31.3 Å². The van der Waals surface area contributed by atoms with Crippen molar-refractivity contribution >= 4 is 23.1 Å². The lowest BCUT2D eigenvalue weighted by atomic mass is 9.91. The summed E-state index contributed by atoms with van der Waals surface area (Å²) in [7, 11) is 1.69. The molecular formula is C15H16N4OS. The predicted octanol–water partition coefficient (Wildman–Crippen LogP) is 2.98. The summed E-state index contributed by atoms with van der Waals surface area (Å²) < 4.78 is 3.91. The van der Waals surface area contributed by atoms with Gasteiger partial charge in [0, 0.05) is 18.2 Å². The van der Waals surface area contributed by atoms with Crippen molar-refractivity contribution in [3.8, 4) is 6.07 Å². The number of anilines is 1. The predicted molar refractivity (Wildman–Crippen MR) is 82.5 cm³/mol. The standard InChI is InChI=1S/C15H16N4OS/c1-15(2,3)13-12(21-18-17-13)14(20)19(4)11-7-5-6-10(8-11)9-16/h5-8H,1-4H3. The van der Waals surface area contributed by atoms with Crippen molar-refractivity contribution in [1.82, 2.24) is 9.59 Å². The number of aromatic nitrogens is 2. The Balaban J connectivity index is 2.36. The zero-order valence-corrected chi connectivity index (χ0v) is 13.2. The zero-order valence-electron chi connectivity index (χ0n) is 12.4. The van der Waals surface area contributed by atoms with Gasteiger partial charge in [0.05, 0.1) is 17.3 Å². The second kappa shape index (κ2) is 5.62. The van der Waals surface area contributed by atoms with Gasteiger partial charge in [-0.25, -0.2) is 0 Å². The number of rotatable bonds is 2. The molecule has 1 aromatic carbocycles. The molecule has 5 nitrogen and oxygen atoms in total. The maximum Gasteiger partial charge on any atom is 0.271 e. The number of hydrogen-bond donors (Lipinski definition) is 0. The van der Waals surface area contributed by atoms with Gasteiger partial charge >= 0.3 is 0 Å². The summed E-state index contributed by atoms with van der Waals surface area (Å²) >= 11 is 1.10. The van der Waals surface area contributed by atoms with Crippen LogP contribution in [0.1, 0.15) is 41.7 Å². The average molecular weight is 300 g/mol. The molecule has 2 rings (SSSR count). The number of nitrogens with zero attached hydrogens (tertiary/aromatic N) is 4. The first-order chi connectivity index (χ1) is 9.84. The first-order valence-corrected chi connectivity index (χ1v) is 7.23. The highest BCUT2D eigenvalue weighted by atomic mass is 32.1. The smallest absolute Gasteiger partial charge is 0.271 e. The van der Waals surface area contributed by atoms with E-state index in [1.54, 1.807) is 31.3 Å². The monoisotopic (exact) mass is 300 g/mol. The number of nitriles is 1. The first kappa shape index (κ1) is 15.1. The van der Waals surface area contributed by atoms with E-state index in [0.29, 0.717) is 21.8 Å². The molecule has 0 bridgehead atoms. The molecule has 0 aliphatic rings. The van der Waals surface area contributed by atoms with Crippen molar-refractivity contribution in [2.45, 2.75) is 26.2 Å². The Labute approximate surface area is 128 Å². The van der Waals surface area contributed by atoms with Crippen molar-refractivity contribution < 1.29 is 4.79 Å². The van der Waals surface area contributed by atoms with Crippen LogP contribution >= 0.6 is 11.5 Å². The maximum atomic E-state index is 12.6. The van der Waals surface area contributed by atoms with Crippen LogP contribution in [-0.2, 0) is 5.41 Å². The molecular weight excluding hydrogens is 284 g/mol. The van der Waals surface area contributed by atoms with Gasteiger partial charge in [-0.3, -0.25) is 4.79 Å². The third-order valence-electron chi connectivity index (χ3n) is 3.06. The number of carbonyl (C=O) groups excluding carboxylic acids is 1. The molecule has 21 heavy (non-hydrogen) atoms. The molecule has 1 aromatic heterocycles. The summed E-state index contributed by atoms with van der Waals surface area (Å²) in [6, 6.07) is 9.01. The van der Waals surface area contributed by atoms with E-state index < -0.39 is 0 Å². The van der Waals surface area contributed by atoms with Crippen molar-refractivity contribution in [3.05, 3.63) is 40.4 Å². The van der Waals surface area contributed by atoms with E-state index in [0.717, 1.165) is 11.5 Å². The zero-order chi connectivity index (χ0) is 15.6. The van der Waals surface area contributed by atoms with Crippen molar-refractivity contribution in [2.75, 3.05) is 11.9 Å². The minimum absolute atomic E-state index is 0.162. The highest BCUT2D eigenvalue weighted by molar-refractivity contribution is 7.08. The third kappa shape index (κ3) is 3.09. The van der Waals surface area contributed by atoms with E-state index in [9.17, 15) is 4.79 Å². The Morgan fingerprint density at radius 3 is 2.71 bits per heavy atom. The lowest BCUT2D eigenvalue weighted by Gasteiger charge is -2.20. The number of carbonyl (C=O) groups is 1. The third-order valence-corrected chi connectivity index (χ3v) is 3.77. The summed E-state index contributed by atoms with van der Waals surface area (Å²) in [5, 5.41) is 13.0. The fraction of sp³-hybridized carbons (Fsp3) is 0.333. The van der Waals surface area contributed by atoms with Gasteiger partial charge in [0.15, 0.2) is 0 Å². The van der Waals surface area contributed by atoms with Crippen LogP contribution < -0.4 is 4.90 Å². The normalized spacial score (nSPS) is 11.0. The van der Waals surface area contributed by atoms with Crippen LogP contribution in [0.25, 0.3) is 0 Å². The van der Waals surface area contributed by atoms with Gasteiger partial charge in [0.2, 0.25) is 0 Å². The van der Waals surface area contributed by atoms with Gasteiger partial charge < -0.3 is 4.90 Å². The van der Waals surface area contributed by atoms with Crippen LogP contribution in [0, 0.1) is 11.3 Å². The van der Waals surface area contributed by atoms with Crippen LogP contribution in [-0.4, -0.2) is 22.5 Å². The molecule has 0 saturated heterocycles. The van der Waals surface area contributed by atoms with Gasteiger partial charge in [0.25, 0.3) is 5.91 Å². The quantitative estimate of drug-likeness (QED) is 0.855. The highest BCUT2D eigenvalue weighted by Crippen LogP contribution is 2.28. The van der Waals surface area contributed by atoms with Gasteiger partial charge in [-0.2, -0.15) is 5.26 Å². The minimum atomic E-state index is -0.243. The molecule has 2 aromatic rings. The topological polar surface area (TPSA) is 69.9 Å². The SMILES string of the molecule is CN(C(=O)c1snnc1C(C)(C)C)c1cccc(C#N)c1. The molecule has 0 aliphatic heterocycles. The van der Waals surface area contributed by atoms with Crippen molar-refractivity contribution in [1.29, 1.82) is 5.26 Å². The lowest BCUT2D eigenvalue weighted by Crippen LogP contribution is -2.28. The highest BCUT2D eigenvalue weighted by Gasteiger charge is 2.28. The van der Waals surface area contributed by atoms with Crippen molar-refractivity contribution in [2.24, 2.45) is 0 Å². The fourth-order valence-electron chi connectivity index (χ4n) is 1.88. The average Bonchev–Trinajstić information content (AvgIpc) is 2.95. The second-order valence-corrected chi connectivity index (χ2v) is 6.48. The molecule has 0 atom stereocenters. The molecule has 1 amide bonds. The summed E-state index contributed by atoms with van der Waals surface area (Å²) in [4.78, 5) is 14.7. The van der Waals surface area contributed by atoms with E-state index in [1.165, 1.54) is 4.90 Å². The van der Waals surface area contributed by atoms with Gasteiger partial charge in [0.1, 0.15) is 4.88 Å². The Kier molecular flexibility index (Phi) is 4.05. The fourth-order valence-corrected chi connectivity index (χ4v) is 2.73. The van der Waals surface area contributed by atoms with E-state index in [1.807, 2.05) is 20.8 Å². The first-order valence-electron chi connectivity index (χ1n) is 6.45. The molecule has 6 heteroatoms. The summed E-state index contributed by atoms with van der Waals surface area (Å²) in [5.41, 5.74) is 1.64. The lowest BCUT2D eigenvalue weighted by molar-refractivity contribution is 0.0994. The molecule has 0 N–H and O–H groups in total. The van der Waals surface area contributed by atoms with E-state index in [4.69, 9.17) is 5.26 Å². The van der Waals surface area contributed by atoms with Crippen LogP contribution in [0.2, 0.25) is 0 Å². The molecule has 0 spiro atoms. The molecule has 0 saturated carbocycles. The maximum absolute atomic E-state index is 12.6. The summed E-state index contributed by atoms with van der Waals surface area (Å²) in [5.74, 6) is -0.162. The second-order valence-electron chi connectivity index (χ2n) is 5.73. The Morgan fingerprint density at radius 1 is 1.38 bits per heavy atom. The van der Waals surface area contributed by atoms with Crippen LogP contribution in [0.15, 0.2) is 24.3 Å². The molecule has 1 heterocycles. The summed E-state index contributed by atoms with van der Waals surface area (Å²) in [6.07, 6.45) is 0. The van der Waals surface area contributed by atoms with Crippen LogP contribution in [0.4, 0.5) is 5.69 Å². The van der Waals surface area contributed by atoms with E-state index >= 15 is 0 Å². The molecule has 0 unspecified atom stereocenters. The van der Waals surface area contributed by atoms with E-state index in [2.05, 4.69) is 15.7 Å². The molecule has 108 valence electrons. The van der Waals surface area contributed by atoms with Crippen LogP contribution in [0.3, 0.4) is 0 Å². The molecule has 0 aliphatic carbocycles. The molecule has 0 radical (unpaired) electrons. The molecule has 0 fully saturated rings. The van der Waals surface area contributed by atoms with Crippen molar-refractivity contribution in [3.63, 3.8) is 0 Å². The van der Waals surface area contributed by atoms with Gasteiger partial charge in [-0.15, -0.1) is 5.10 Å². The Hall–Kier alpha value is -2.26. The Bertz CT molecular complexity index is 709. The van der Waals surface area contributed by atoms with Gasteiger partial charge in [-0.05, 0) is 29.7 Å². The largest absolute Gasteiger partial charge is 0.311 e. The number of benzene rings is 1. The van der Waals surface area contributed by atoms with E-state index in [-0.39, 0.29) is 11.3 Å². The minimum Gasteiger partial charge on any atom is -0.311 e. The van der Waals surface area contributed by atoms with Crippen LogP contribution in [0.5, 0.6) is 0 Å².